The van der Waals surface area contributed by atoms with Gasteiger partial charge in [-0.15, -0.1) is 0 Å². The smallest absolute Gasteiger partial charge is 0.0642 e. The maximum atomic E-state index is 5.39. The number of rotatable bonds is 1. The molecule has 1 aromatic carbocycles. The van der Waals surface area contributed by atoms with Gasteiger partial charge in [-0.05, 0) is 43.5 Å². The SMILES string of the molecule is CC1CCc2cc(N3CCOCC3)ccc2N1. The predicted octanol–water partition coefficient (Wildman–Crippen LogP) is 2.27. The third-order valence-corrected chi connectivity index (χ3v) is 3.71. The molecule has 1 saturated heterocycles. The Hall–Kier alpha value is -1.22. The van der Waals surface area contributed by atoms with Crippen molar-refractivity contribution in [3.63, 3.8) is 0 Å². The van der Waals surface area contributed by atoms with Crippen LogP contribution < -0.4 is 10.2 Å². The number of nitrogens with one attached hydrogen (secondary N) is 1. The summed E-state index contributed by atoms with van der Waals surface area (Å²) in [6.07, 6.45) is 2.43. The third-order valence-electron chi connectivity index (χ3n) is 3.71. The molecule has 1 aromatic rings. The molecule has 0 aromatic heterocycles. The first kappa shape index (κ1) is 10.9. The Morgan fingerprint density at radius 3 is 2.94 bits per heavy atom. The fourth-order valence-corrected chi connectivity index (χ4v) is 2.66. The van der Waals surface area contributed by atoms with Crippen LogP contribution in [0.3, 0.4) is 0 Å². The standard InChI is InChI=1S/C14H20N2O/c1-11-2-3-12-10-13(4-5-14(12)15-11)16-6-8-17-9-7-16/h4-5,10-11,15H,2-3,6-9H2,1H3. The second kappa shape index (κ2) is 4.57. The average molecular weight is 232 g/mol. The molecule has 1 unspecified atom stereocenters. The van der Waals surface area contributed by atoms with Gasteiger partial charge in [0.15, 0.2) is 0 Å². The minimum atomic E-state index is 0.608. The molecule has 1 atom stereocenters. The molecule has 1 N–H and O–H groups in total. The van der Waals surface area contributed by atoms with Gasteiger partial charge in [0.25, 0.3) is 0 Å². The number of benzene rings is 1. The van der Waals surface area contributed by atoms with Crippen molar-refractivity contribution in [2.45, 2.75) is 25.8 Å². The minimum Gasteiger partial charge on any atom is -0.382 e. The second-order valence-corrected chi connectivity index (χ2v) is 5.02. The van der Waals surface area contributed by atoms with Gasteiger partial charge in [-0.25, -0.2) is 0 Å². The zero-order valence-electron chi connectivity index (χ0n) is 10.4. The van der Waals surface area contributed by atoms with Crippen LogP contribution in [0.5, 0.6) is 0 Å². The Morgan fingerprint density at radius 2 is 2.12 bits per heavy atom. The van der Waals surface area contributed by atoms with Crippen LogP contribution in [0.4, 0.5) is 11.4 Å². The lowest BCUT2D eigenvalue weighted by atomic mass is 9.98. The van der Waals surface area contributed by atoms with Gasteiger partial charge in [-0.2, -0.15) is 0 Å². The topological polar surface area (TPSA) is 24.5 Å². The van der Waals surface area contributed by atoms with E-state index in [-0.39, 0.29) is 0 Å². The van der Waals surface area contributed by atoms with Crippen LogP contribution in [0.1, 0.15) is 18.9 Å². The summed E-state index contributed by atoms with van der Waals surface area (Å²) in [4.78, 5) is 2.42. The van der Waals surface area contributed by atoms with E-state index in [1.165, 1.54) is 29.8 Å². The fourth-order valence-electron chi connectivity index (χ4n) is 2.66. The number of hydrogen-bond acceptors (Lipinski definition) is 3. The summed E-state index contributed by atoms with van der Waals surface area (Å²) >= 11 is 0. The molecule has 0 radical (unpaired) electrons. The van der Waals surface area contributed by atoms with Gasteiger partial charge in [0, 0.05) is 30.5 Å². The van der Waals surface area contributed by atoms with Gasteiger partial charge in [0.1, 0.15) is 0 Å². The maximum Gasteiger partial charge on any atom is 0.0642 e. The van der Waals surface area contributed by atoms with E-state index in [4.69, 9.17) is 4.74 Å². The lowest BCUT2D eigenvalue weighted by Gasteiger charge is -2.31. The van der Waals surface area contributed by atoms with Crippen molar-refractivity contribution in [2.75, 3.05) is 36.5 Å². The van der Waals surface area contributed by atoms with Crippen molar-refractivity contribution >= 4 is 11.4 Å². The minimum absolute atomic E-state index is 0.608. The van der Waals surface area contributed by atoms with Crippen molar-refractivity contribution in [1.29, 1.82) is 0 Å². The number of ether oxygens (including phenoxy) is 1. The van der Waals surface area contributed by atoms with Crippen molar-refractivity contribution in [3.8, 4) is 0 Å². The number of fused-ring (bicyclic) bond motifs is 1. The van der Waals surface area contributed by atoms with Gasteiger partial charge in [-0.1, -0.05) is 0 Å². The first-order valence-corrected chi connectivity index (χ1v) is 6.55. The predicted molar refractivity (Wildman–Crippen MR) is 70.9 cm³/mol. The van der Waals surface area contributed by atoms with Gasteiger partial charge < -0.3 is 15.0 Å². The molecule has 1 fully saturated rings. The summed E-state index contributed by atoms with van der Waals surface area (Å²) < 4.78 is 5.39. The largest absolute Gasteiger partial charge is 0.382 e. The van der Waals surface area contributed by atoms with Gasteiger partial charge in [-0.3, -0.25) is 0 Å². The molecule has 3 nitrogen and oxygen atoms in total. The van der Waals surface area contributed by atoms with Gasteiger partial charge in [0.05, 0.1) is 13.2 Å². The zero-order chi connectivity index (χ0) is 11.7. The van der Waals surface area contributed by atoms with E-state index in [9.17, 15) is 0 Å². The molecule has 0 saturated carbocycles. The van der Waals surface area contributed by atoms with Gasteiger partial charge >= 0.3 is 0 Å². The first-order valence-electron chi connectivity index (χ1n) is 6.55. The Labute approximate surface area is 103 Å². The molecule has 2 aliphatic heterocycles. The molecule has 0 spiro atoms. The Balaban J connectivity index is 1.82. The third kappa shape index (κ3) is 2.25. The van der Waals surface area contributed by atoms with E-state index >= 15 is 0 Å². The normalized spacial score (nSPS) is 24.1. The van der Waals surface area contributed by atoms with Gasteiger partial charge in [0.2, 0.25) is 0 Å². The molecular formula is C14H20N2O. The highest BCUT2D eigenvalue weighted by atomic mass is 16.5. The summed E-state index contributed by atoms with van der Waals surface area (Å²) in [7, 11) is 0. The van der Waals surface area contributed by atoms with E-state index in [2.05, 4.69) is 35.3 Å². The maximum absolute atomic E-state index is 5.39. The van der Waals surface area contributed by atoms with E-state index < -0.39 is 0 Å². The average Bonchev–Trinajstić information content (AvgIpc) is 2.39. The van der Waals surface area contributed by atoms with Crippen LogP contribution in [-0.2, 0) is 11.2 Å². The highest BCUT2D eigenvalue weighted by Crippen LogP contribution is 2.29. The van der Waals surface area contributed by atoms with Crippen LogP contribution in [0.15, 0.2) is 18.2 Å². The van der Waals surface area contributed by atoms with E-state index in [0.29, 0.717) is 6.04 Å². The number of anilines is 2. The molecule has 0 amide bonds. The molecule has 2 aliphatic rings. The number of nitrogens with zero attached hydrogens (tertiary/aromatic N) is 1. The highest BCUT2D eigenvalue weighted by Gasteiger charge is 2.17. The van der Waals surface area contributed by atoms with E-state index in [1.54, 1.807) is 0 Å². The Bertz CT molecular complexity index is 399. The Kier molecular flexibility index (Phi) is 2.93. The molecule has 3 heteroatoms. The van der Waals surface area contributed by atoms with Crippen molar-refractivity contribution in [1.82, 2.24) is 0 Å². The summed E-state index contributed by atoms with van der Waals surface area (Å²) in [6.45, 7) is 5.99. The quantitative estimate of drug-likeness (QED) is 0.804. The molecule has 3 rings (SSSR count). The molecule has 0 aliphatic carbocycles. The fraction of sp³-hybridized carbons (Fsp3) is 0.571. The van der Waals surface area contributed by atoms with Crippen molar-refractivity contribution in [2.24, 2.45) is 0 Å². The number of hydrogen-bond donors (Lipinski definition) is 1. The Morgan fingerprint density at radius 1 is 1.29 bits per heavy atom. The first-order chi connectivity index (χ1) is 8.33. The monoisotopic (exact) mass is 232 g/mol. The van der Waals surface area contributed by atoms with Crippen LogP contribution >= 0.6 is 0 Å². The lowest BCUT2D eigenvalue weighted by Crippen LogP contribution is -2.36. The van der Waals surface area contributed by atoms with Crippen LogP contribution in [-0.4, -0.2) is 32.3 Å². The molecular weight excluding hydrogens is 212 g/mol. The molecule has 92 valence electrons. The van der Waals surface area contributed by atoms with E-state index in [1.807, 2.05) is 0 Å². The number of aryl methyl sites for hydroxylation is 1. The lowest BCUT2D eigenvalue weighted by molar-refractivity contribution is 0.122. The molecule has 0 bridgehead atoms. The summed E-state index contributed by atoms with van der Waals surface area (Å²) in [5.74, 6) is 0. The molecule has 2 heterocycles. The van der Waals surface area contributed by atoms with Crippen LogP contribution in [0.25, 0.3) is 0 Å². The summed E-state index contributed by atoms with van der Waals surface area (Å²) in [6, 6.07) is 7.42. The van der Waals surface area contributed by atoms with E-state index in [0.717, 1.165) is 26.3 Å². The second-order valence-electron chi connectivity index (χ2n) is 5.02. The van der Waals surface area contributed by atoms with Crippen molar-refractivity contribution in [3.05, 3.63) is 23.8 Å². The van der Waals surface area contributed by atoms with Crippen molar-refractivity contribution < 1.29 is 4.74 Å². The van der Waals surface area contributed by atoms with Crippen LogP contribution in [0.2, 0.25) is 0 Å². The number of morpholine rings is 1. The summed E-state index contributed by atoms with van der Waals surface area (Å²) in [5.41, 5.74) is 4.14. The highest BCUT2D eigenvalue weighted by molar-refractivity contribution is 5.62. The summed E-state index contributed by atoms with van der Waals surface area (Å²) in [5, 5.41) is 3.55. The zero-order valence-corrected chi connectivity index (χ0v) is 10.4. The molecule has 17 heavy (non-hydrogen) atoms. The van der Waals surface area contributed by atoms with Crippen LogP contribution in [0, 0.1) is 0 Å².